The van der Waals surface area contributed by atoms with Gasteiger partial charge in [-0.2, -0.15) is 13.2 Å². The molecule has 90 valence electrons. The highest BCUT2D eigenvalue weighted by Crippen LogP contribution is 2.33. The molecule has 0 aromatic rings. The van der Waals surface area contributed by atoms with Crippen molar-refractivity contribution < 1.29 is 17.9 Å². The smallest absolute Gasteiger partial charge is 0.378 e. The fraction of sp³-hybridized carbons (Fsp3) is 1.00. The minimum absolute atomic E-state index is 0.203. The third-order valence-corrected chi connectivity index (χ3v) is 2.60. The number of rotatable bonds is 0. The van der Waals surface area contributed by atoms with Gasteiger partial charge in [0, 0.05) is 11.6 Å². The van der Waals surface area contributed by atoms with Gasteiger partial charge in [0.2, 0.25) is 0 Å². The average Bonchev–Trinajstić information content (AvgIpc) is 1.99. The van der Waals surface area contributed by atoms with Crippen LogP contribution in [0.3, 0.4) is 0 Å². The van der Waals surface area contributed by atoms with Crippen molar-refractivity contribution in [1.29, 1.82) is 0 Å². The molecule has 0 saturated carbocycles. The van der Waals surface area contributed by atoms with Gasteiger partial charge in [-0.05, 0) is 27.7 Å². The Morgan fingerprint density at radius 1 is 1.13 bits per heavy atom. The van der Waals surface area contributed by atoms with Crippen LogP contribution < -0.4 is 0 Å². The molecule has 1 rings (SSSR count). The van der Waals surface area contributed by atoms with Crippen LogP contribution in [0.5, 0.6) is 0 Å². The summed E-state index contributed by atoms with van der Waals surface area (Å²) < 4.78 is 43.3. The van der Waals surface area contributed by atoms with Crippen molar-refractivity contribution >= 4 is 0 Å². The third kappa shape index (κ3) is 2.84. The summed E-state index contributed by atoms with van der Waals surface area (Å²) in [4.78, 5) is 1.50. The topological polar surface area (TPSA) is 12.5 Å². The number of alkyl halides is 3. The maximum atomic E-state index is 12.8. The zero-order valence-electron chi connectivity index (χ0n) is 9.56. The number of hydrogen-bond acceptors (Lipinski definition) is 2. The summed E-state index contributed by atoms with van der Waals surface area (Å²) in [6.07, 6.45) is -4.22. The molecule has 0 aromatic heterocycles. The fourth-order valence-electron chi connectivity index (χ4n) is 2.20. The first-order chi connectivity index (χ1) is 6.64. The molecule has 15 heavy (non-hydrogen) atoms. The van der Waals surface area contributed by atoms with E-state index in [2.05, 4.69) is 0 Å². The first-order valence-electron chi connectivity index (χ1n) is 5.07. The predicted octanol–water partition coefficient (Wildman–Crippen LogP) is 2.44. The molecule has 1 aliphatic rings. The molecule has 0 spiro atoms. The van der Waals surface area contributed by atoms with E-state index in [4.69, 9.17) is 4.74 Å². The van der Waals surface area contributed by atoms with E-state index in [9.17, 15) is 13.2 Å². The van der Waals surface area contributed by atoms with E-state index in [1.165, 1.54) is 4.90 Å². The molecule has 0 unspecified atom stereocenters. The summed E-state index contributed by atoms with van der Waals surface area (Å²) in [6, 6.07) is -1.69. The molecule has 1 aliphatic heterocycles. The van der Waals surface area contributed by atoms with Crippen LogP contribution in [-0.4, -0.2) is 41.9 Å². The van der Waals surface area contributed by atoms with E-state index < -0.39 is 17.8 Å². The van der Waals surface area contributed by atoms with E-state index >= 15 is 0 Å². The quantitative estimate of drug-likeness (QED) is 0.628. The highest BCUT2D eigenvalue weighted by molar-refractivity contribution is 4.92. The van der Waals surface area contributed by atoms with Crippen LogP contribution in [0.2, 0.25) is 0 Å². The van der Waals surface area contributed by atoms with Gasteiger partial charge in [0.25, 0.3) is 0 Å². The first-order valence-corrected chi connectivity index (χ1v) is 5.07. The molecule has 0 amide bonds. The first kappa shape index (κ1) is 12.8. The van der Waals surface area contributed by atoms with Gasteiger partial charge >= 0.3 is 6.18 Å². The Kier molecular flexibility index (Phi) is 3.36. The Morgan fingerprint density at radius 3 is 2.00 bits per heavy atom. The Labute approximate surface area is 88.4 Å². The Morgan fingerprint density at radius 2 is 1.67 bits per heavy atom. The van der Waals surface area contributed by atoms with Gasteiger partial charge in [-0.25, -0.2) is 0 Å². The second-order valence-corrected chi connectivity index (χ2v) is 5.02. The maximum absolute atomic E-state index is 12.8. The summed E-state index contributed by atoms with van der Waals surface area (Å²) in [5.74, 6) is 0. The standard InChI is InChI=1S/C10H18F3NO/c1-7-5-15-6-8(10(11,12)13)14(7)9(2,3)4/h7-8H,5-6H2,1-4H3/t7-,8-/m1/s1. The van der Waals surface area contributed by atoms with Gasteiger partial charge in [0.05, 0.1) is 13.2 Å². The number of nitrogens with zero attached hydrogens (tertiary/aromatic N) is 1. The van der Waals surface area contributed by atoms with Crippen molar-refractivity contribution in [2.45, 2.75) is 51.5 Å². The van der Waals surface area contributed by atoms with Gasteiger partial charge < -0.3 is 4.74 Å². The van der Waals surface area contributed by atoms with Crippen LogP contribution >= 0.6 is 0 Å². The van der Waals surface area contributed by atoms with E-state index in [-0.39, 0.29) is 12.6 Å². The lowest BCUT2D eigenvalue weighted by Gasteiger charge is -2.48. The number of hydrogen-bond donors (Lipinski definition) is 0. The van der Waals surface area contributed by atoms with E-state index in [1.54, 1.807) is 27.7 Å². The monoisotopic (exact) mass is 225 g/mol. The molecule has 5 heteroatoms. The molecule has 0 radical (unpaired) electrons. The lowest BCUT2D eigenvalue weighted by atomic mass is 9.98. The molecule has 0 N–H and O–H groups in total. The molecule has 0 aromatic carbocycles. The zero-order valence-corrected chi connectivity index (χ0v) is 9.56. The van der Waals surface area contributed by atoms with Crippen LogP contribution in [0.4, 0.5) is 13.2 Å². The minimum Gasteiger partial charge on any atom is -0.378 e. The van der Waals surface area contributed by atoms with Crippen molar-refractivity contribution in [2.24, 2.45) is 0 Å². The maximum Gasteiger partial charge on any atom is 0.406 e. The summed E-state index contributed by atoms with van der Waals surface area (Å²) in [7, 11) is 0. The van der Waals surface area contributed by atoms with Crippen LogP contribution in [0.15, 0.2) is 0 Å². The molecule has 0 aliphatic carbocycles. The van der Waals surface area contributed by atoms with E-state index in [1.807, 2.05) is 0 Å². The van der Waals surface area contributed by atoms with Crippen LogP contribution in [0.1, 0.15) is 27.7 Å². The second kappa shape index (κ2) is 3.94. The number of halogens is 3. The molecular weight excluding hydrogens is 207 g/mol. The molecule has 2 atom stereocenters. The normalized spacial score (nSPS) is 30.6. The summed E-state index contributed by atoms with van der Waals surface area (Å²) in [5.41, 5.74) is -0.497. The van der Waals surface area contributed by atoms with Gasteiger partial charge in [-0.1, -0.05) is 0 Å². The zero-order chi connectivity index (χ0) is 11.9. The summed E-state index contributed by atoms with van der Waals surface area (Å²) in [5, 5.41) is 0. The third-order valence-electron chi connectivity index (χ3n) is 2.60. The molecule has 1 heterocycles. The van der Waals surface area contributed by atoms with Gasteiger partial charge in [-0.3, -0.25) is 4.90 Å². The SMILES string of the molecule is C[C@@H]1COC[C@H](C(F)(F)F)N1C(C)(C)C. The van der Waals surface area contributed by atoms with Crippen LogP contribution in [0, 0.1) is 0 Å². The van der Waals surface area contributed by atoms with Crippen LogP contribution in [-0.2, 0) is 4.74 Å². The molecular formula is C10H18F3NO. The van der Waals surface area contributed by atoms with Gasteiger partial charge in [0.1, 0.15) is 6.04 Å². The second-order valence-electron chi connectivity index (χ2n) is 5.02. The van der Waals surface area contributed by atoms with Crippen molar-refractivity contribution in [3.05, 3.63) is 0 Å². The minimum atomic E-state index is -4.22. The lowest BCUT2D eigenvalue weighted by molar-refractivity contribution is -0.236. The Hall–Kier alpha value is -0.290. The van der Waals surface area contributed by atoms with Gasteiger partial charge in [-0.15, -0.1) is 0 Å². The van der Waals surface area contributed by atoms with Crippen molar-refractivity contribution in [1.82, 2.24) is 4.90 Å². The predicted molar refractivity (Wildman–Crippen MR) is 51.7 cm³/mol. The van der Waals surface area contributed by atoms with Crippen LogP contribution in [0.25, 0.3) is 0 Å². The Balaban J connectivity index is 2.93. The number of morpholine rings is 1. The van der Waals surface area contributed by atoms with Crippen molar-refractivity contribution in [3.8, 4) is 0 Å². The summed E-state index contributed by atoms with van der Waals surface area (Å²) >= 11 is 0. The molecule has 1 saturated heterocycles. The summed E-state index contributed by atoms with van der Waals surface area (Å²) in [6.45, 7) is 7.27. The van der Waals surface area contributed by atoms with E-state index in [0.717, 1.165) is 0 Å². The fourth-order valence-corrected chi connectivity index (χ4v) is 2.20. The van der Waals surface area contributed by atoms with Crippen molar-refractivity contribution in [3.63, 3.8) is 0 Å². The van der Waals surface area contributed by atoms with Crippen molar-refractivity contribution in [2.75, 3.05) is 13.2 Å². The molecule has 0 bridgehead atoms. The van der Waals surface area contributed by atoms with Gasteiger partial charge in [0.15, 0.2) is 0 Å². The number of ether oxygens (including phenoxy) is 1. The van der Waals surface area contributed by atoms with E-state index in [0.29, 0.717) is 6.61 Å². The Bertz CT molecular complexity index is 222. The largest absolute Gasteiger partial charge is 0.406 e. The molecule has 1 fully saturated rings. The average molecular weight is 225 g/mol. The highest BCUT2D eigenvalue weighted by atomic mass is 19.4. The molecule has 2 nitrogen and oxygen atoms in total. The highest BCUT2D eigenvalue weighted by Gasteiger charge is 2.50. The lowest BCUT2D eigenvalue weighted by Crippen LogP contribution is -2.63.